The minimum atomic E-state index is -1.47. The van der Waals surface area contributed by atoms with Crippen LogP contribution in [0.25, 0.3) is 0 Å². The monoisotopic (exact) mass is 285 g/mol. The van der Waals surface area contributed by atoms with E-state index in [-0.39, 0.29) is 0 Å². The summed E-state index contributed by atoms with van der Waals surface area (Å²) in [5.74, 6) is -6.25. The molecule has 20 heavy (non-hydrogen) atoms. The molecule has 4 atom stereocenters. The van der Waals surface area contributed by atoms with Crippen molar-refractivity contribution in [3.05, 3.63) is 0 Å². The Bertz CT molecular complexity index is 506. The molecule has 0 spiro atoms. The molecule has 2 fully saturated rings. The number of fused-ring (bicyclic) bond motifs is 1. The molecule has 2 N–H and O–H groups in total. The lowest BCUT2D eigenvalue weighted by Crippen LogP contribution is -2.49. The fourth-order valence-electron chi connectivity index (χ4n) is 2.62. The van der Waals surface area contributed by atoms with Gasteiger partial charge in [0, 0.05) is 5.92 Å². The van der Waals surface area contributed by atoms with E-state index in [1.807, 2.05) is 0 Å². The van der Waals surface area contributed by atoms with E-state index >= 15 is 0 Å². The van der Waals surface area contributed by atoms with Crippen molar-refractivity contribution in [2.45, 2.75) is 32.4 Å². The highest BCUT2D eigenvalue weighted by atomic mass is 16.6. The van der Waals surface area contributed by atoms with Crippen molar-refractivity contribution in [3.63, 3.8) is 0 Å². The van der Waals surface area contributed by atoms with Gasteiger partial charge in [-0.25, -0.2) is 14.5 Å². The minimum absolute atomic E-state index is 0.530. The molecule has 2 rings (SSSR count). The molecule has 1 saturated heterocycles. The summed E-state index contributed by atoms with van der Waals surface area (Å²) in [6, 6.07) is -1.47. The van der Waals surface area contributed by atoms with Crippen LogP contribution < -0.4 is 0 Å². The molecular weight excluding hydrogens is 270 g/mol. The summed E-state index contributed by atoms with van der Waals surface area (Å²) in [7, 11) is 0. The van der Waals surface area contributed by atoms with Crippen molar-refractivity contribution in [1.29, 1.82) is 0 Å². The zero-order valence-corrected chi connectivity index (χ0v) is 11.2. The highest BCUT2D eigenvalue weighted by molar-refractivity contribution is 6.06. The second-order valence-electron chi connectivity index (χ2n) is 5.94. The lowest BCUT2D eigenvalue weighted by atomic mass is 10.1. The number of likely N-dealkylation sites (tertiary alicyclic amines) is 1. The summed E-state index contributed by atoms with van der Waals surface area (Å²) in [6.07, 6.45) is -1.05. The minimum Gasteiger partial charge on any atom is -0.481 e. The molecule has 8 nitrogen and oxygen atoms in total. The van der Waals surface area contributed by atoms with E-state index in [0.717, 1.165) is 0 Å². The lowest BCUT2D eigenvalue weighted by molar-refractivity contribution is -0.150. The van der Waals surface area contributed by atoms with E-state index in [2.05, 4.69) is 0 Å². The Hall–Kier alpha value is -2.12. The van der Waals surface area contributed by atoms with Gasteiger partial charge in [0.15, 0.2) is 0 Å². The zero-order valence-electron chi connectivity index (χ0n) is 11.2. The topological polar surface area (TPSA) is 121 Å². The first-order chi connectivity index (χ1) is 9.06. The molecule has 110 valence electrons. The summed E-state index contributed by atoms with van der Waals surface area (Å²) in [5, 5.41) is 18.1. The van der Waals surface area contributed by atoms with Gasteiger partial charge in [-0.05, 0) is 20.8 Å². The van der Waals surface area contributed by atoms with Crippen LogP contribution in [-0.2, 0) is 19.1 Å². The molecule has 0 radical (unpaired) electrons. The number of imide groups is 1. The average Bonchev–Trinajstić information content (AvgIpc) is 2.89. The summed E-state index contributed by atoms with van der Waals surface area (Å²) in [5.41, 5.74) is -0.876. The second kappa shape index (κ2) is 4.19. The number of carbonyl (C=O) groups excluding carboxylic acids is 2. The van der Waals surface area contributed by atoms with Gasteiger partial charge in [-0.3, -0.25) is 9.59 Å². The van der Waals surface area contributed by atoms with Gasteiger partial charge >= 0.3 is 18.0 Å². The maximum absolute atomic E-state index is 12.0. The van der Waals surface area contributed by atoms with Crippen LogP contribution in [0, 0.1) is 17.8 Å². The van der Waals surface area contributed by atoms with Gasteiger partial charge in [0.2, 0.25) is 5.91 Å². The van der Waals surface area contributed by atoms with Crippen LogP contribution in [0.5, 0.6) is 0 Å². The molecule has 1 aliphatic carbocycles. The molecule has 1 saturated carbocycles. The van der Waals surface area contributed by atoms with Crippen molar-refractivity contribution in [1.82, 2.24) is 4.90 Å². The van der Waals surface area contributed by atoms with Crippen LogP contribution in [0.3, 0.4) is 0 Å². The van der Waals surface area contributed by atoms with E-state index < -0.39 is 53.3 Å². The fraction of sp³-hybridized carbons (Fsp3) is 0.667. The number of nitrogens with zero attached hydrogens (tertiary/aromatic N) is 1. The number of aliphatic carboxylic acids is 2. The van der Waals surface area contributed by atoms with E-state index in [0.29, 0.717) is 4.90 Å². The first-order valence-electron chi connectivity index (χ1n) is 6.08. The Morgan fingerprint density at radius 1 is 1.15 bits per heavy atom. The third kappa shape index (κ3) is 2.10. The number of carbonyl (C=O) groups is 4. The van der Waals surface area contributed by atoms with Crippen LogP contribution >= 0.6 is 0 Å². The number of carboxylic acids is 2. The number of hydrogen-bond acceptors (Lipinski definition) is 5. The smallest absolute Gasteiger partial charge is 0.417 e. The molecule has 0 aromatic rings. The number of amides is 2. The van der Waals surface area contributed by atoms with Gasteiger partial charge in [-0.1, -0.05) is 0 Å². The predicted octanol–water partition coefficient (Wildman–Crippen LogP) is 0.164. The van der Waals surface area contributed by atoms with Gasteiger partial charge in [0.05, 0.1) is 11.8 Å². The first-order valence-corrected chi connectivity index (χ1v) is 6.08. The van der Waals surface area contributed by atoms with E-state index in [9.17, 15) is 19.2 Å². The largest absolute Gasteiger partial charge is 0.481 e. The third-order valence-electron chi connectivity index (χ3n) is 3.37. The fourth-order valence-corrected chi connectivity index (χ4v) is 2.62. The maximum atomic E-state index is 12.0. The third-order valence-corrected chi connectivity index (χ3v) is 3.37. The highest BCUT2D eigenvalue weighted by Gasteiger charge is 2.73. The molecule has 1 aliphatic heterocycles. The second-order valence-corrected chi connectivity index (χ2v) is 5.94. The Morgan fingerprint density at radius 2 is 1.70 bits per heavy atom. The Kier molecular flexibility index (Phi) is 2.99. The van der Waals surface area contributed by atoms with Crippen LogP contribution in [-0.4, -0.2) is 50.7 Å². The molecule has 4 unspecified atom stereocenters. The molecule has 8 heteroatoms. The average molecular weight is 285 g/mol. The predicted molar refractivity (Wildman–Crippen MR) is 62.6 cm³/mol. The van der Waals surface area contributed by atoms with Gasteiger partial charge < -0.3 is 14.9 Å². The van der Waals surface area contributed by atoms with Crippen LogP contribution in [0.2, 0.25) is 0 Å². The van der Waals surface area contributed by atoms with E-state index in [4.69, 9.17) is 14.9 Å². The zero-order chi connectivity index (χ0) is 15.4. The Labute approximate surface area is 114 Å². The maximum Gasteiger partial charge on any atom is 0.417 e. The van der Waals surface area contributed by atoms with Crippen molar-refractivity contribution in [2.24, 2.45) is 17.8 Å². The first kappa shape index (κ1) is 14.3. The van der Waals surface area contributed by atoms with E-state index in [1.165, 1.54) is 0 Å². The molecular formula is C12H15NO7. The molecule has 1 heterocycles. The molecule has 0 aromatic carbocycles. The number of piperidine rings is 1. The van der Waals surface area contributed by atoms with Crippen molar-refractivity contribution < 1.29 is 34.1 Å². The summed E-state index contributed by atoms with van der Waals surface area (Å²) in [6.45, 7) is 4.76. The summed E-state index contributed by atoms with van der Waals surface area (Å²) in [4.78, 5) is 46.6. The van der Waals surface area contributed by atoms with Gasteiger partial charge in [0.25, 0.3) is 0 Å². The number of rotatable bonds is 2. The standard InChI is InChI=1S/C12H15NO7/c1-12(2,3)20-11(19)13-7(10(17)18)4-5(8(13)14)6(4)9(15)16/h4-7H,1-3H3,(H,15,16)(H,17,18). The summed E-state index contributed by atoms with van der Waals surface area (Å²) < 4.78 is 4.99. The summed E-state index contributed by atoms with van der Waals surface area (Å²) >= 11 is 0. The normalized spacial score (nSPS) is 31.8. The number of carboxylic acid groups (broad SMARTS) is 2. The molecule has 0 bridgehead atoms. The SMILES string of the molecule is CC(C)(C)OC(=O)N1C(=O)C2C(C(=O)O)C2C1C(=O)O. The molecule has 2 amide bonds. The van der Waals surface area contributed by atoms with Gasteiger partial charge in [-0.15, -0.1) is 0 Å². The van der Waals surface area contributed by atoms with Crippen molar-refractivity contribution >= 4 is 23.9 Å². The van der Waals surface area contributed by atoms with Crippen LogP contribution in [0.15, 0.2) is 0 Å². The van der Waals surface area contributed by atoms with Crippen molar-refractivity contribution in [2.75, 3.05) is 0 Å². The van der Waals surface area contributed by atoms with Crippen LogP contribution in [0.1, 0.15) is 20.8 Å². The van der Waals surface area contributed by atoms with Gasteiger partial charge in [0.1, 0.15) is 11.6 Å². The number of ether oxygens (including phenoxy) is 1. The van der Waals surface area contributed by atoms with Gasteiger partial charge in [-0.2, -0.15) is 0 Å². The molecule has 0 aromatic heterocycles. The highest BCUT2D eigenvalue weighted by Crippen LogP contribution is 2.56. The van der Waals surface area contributed by atoms with Crippen molar-refractivity contribution in [3.8, 4) is 0 Å². The van der Waals surface area contributed by atoms with Crippen LogP contribution in [0.4, 0.5) is 4.79 Å². The Morgan fingerprint density at radius 3 is 2.10 bits per heavy atom. The lowest BCUT2D eigenvalue weighted by Gasteiger charge is -2.27. The quantitative estimate of drug-likeness (QED) is 0.741. The molecule has 2 aliphatic rings. The van der Waals surface area contributed by atoms with E-state index in [1.54, 1.807) is 20.8 Å². The Balaban J connectivity index is 2.23. The number of hydrogen-bond donors (Lipinski definition) is 2.